The van der Waals surface area contributed by atoms with Crippen LogP contribution in [0.5, 0.6) is 0 Å². The van der Waals surface area contributed by atoms with E-state index < -0.39 is 11.9 Å². The van der Waals surface area contributed by atoms with Gasteiger partial charge in [0.1, 0.15) is 5.82 Å². The molecular weight excluding hydrogens is 233 g/mol. The van der Waals surface area contributed by atoms with Crippen LogP contribution >= 0.6 is 0 Å². The van der Waals surface area contributed by atoms with E-state index >= 15 is 0 Å². The van der Waals surface area contributed by atoms with Gasteiger partial charge in [0.15, 0.2) is 0 Å². The Kier molecular flexibility index (Phi) is 2.40. The lowest BCUT2D eigenvalue weighted by molar-refractivity contribution is -0.139. The van der Waals surface area contributed by atoms with E-state index in [9.17, 15) is 14.3 Å². The van der Waals surface area contributed by atoms with Crippen molar-refractivity contribution >= 4 is 16.9 Å². The lowest BCUT2D eigenvalue weighted by atomic mass is 9.87. The van der Waals surface area contributed by atoms with Crippen molar-refractivity contribution in [2.24, 2.45) is 7.05 Å². The van der Waals surface area contributed by atoms with Gasteiger partial charge in [-0.05, 0) is 30.9 Å². The molecule has 1 aliphatic carbocycles. The highest BCUT2D eigenvalue weighted by molar-refractivity contribution is 5.89. The summed E-state index contributed by atoms with van der Waals surface area (Å²) in [6.45, 7) is 0. The molecule has 0 aliphatic heterocycles. The molecule has 0 saturated heterocycles. The Balaban J connectivity index is 2.37. The normalized spacial score (nSPS) is 18.9. The van der Waals surface area contributed by atoms with Crippen LogP contribution in [-0.2, 0) is 18.3 Å². The number of nitrogens with zero attached hydrogens (tertiary/aromatic N) is 1. The number of hydrogen-bond donors (Lipinski definition) is 1. The quantitative estimate of drug-likeness (QED) is 0.842. The van der Waals surface area contributed by atoms with Gasteiger partial charge in [0.25, 0.3) is 0 Å². The third-order valence-corrected chi connectivity index (χ3v) is 3.87. The van der Waals surface area contributed by atoms with Crippen molar-refractivity contribution < 1.29 is 14.3 Å². The second-order valence-electron chi connectivity index (χ2n) is 4.84. The molecule has 4 heteroatoms. The van der Waals surface area contributed by atoms with Gasteiger partial charge in [-0.1, -0.05) is 12.1 Å². The molecule has 0 bridgehead atoms. The monoisotopic (exact) mass is 247 g/mol. The van der Waals surface area contributed by atoms with Gasteiger partial charge in [-0.2, -0.15) is 0 Å². The van der Waals surface area contributed by atoms with Crippen LogP contribution in [0.3, 0.4) is 0 Å². The minimum absolute atomic E-state index is 0.284. The fraction of sp³-hybridized carbons (Fsp3) is 0.357. The average molecular weight is 247 g/mol. The largest absolute Gasteiger partial charge is 0.481 e. The summed E-state index contributed by atoms with van der Waals surface area (Å²) in [5.41, 5.74) is 2.30. The van der Waals surface area contributed by atoms with Gasteiger partial charge < -0.3 is 9.67 Å². The molecule has 1 heterocycles. The van der Waals surface area contributed by atoms with Crippen LogP contribution < -0.4 is 0 Å². The number of carbonyl (C=O) groups is 1. The molecule has 0 spiro atoms. The highest BCUT2D eigenvalue weighted by atomic mass is 19.1. The van der Waals surface area contributed by atoms with Crippen molar-refractivity contribution in [3.8, 4) is 0 Å². The first kappa shape index (κ1) is 11.3. The Hall–Kier alpha value is -1.84. The van der Waals surface area contributed by atoms with E-state index in [4.69, 9.17) is 0 Å². The average Bonchev–Trinajstić information content (AvgIpc) is 2.65. The molecule has 94 valence electrons. The minimum atomic E-state index is -0.817. The molecule has 2 aromatic rings. The summed E-state index contributed by atoms with van der Waals surface area (Å²) in [7, 11) is 1.76. The number of carboxylic acids is 1. The van der Waals surface area contributed by atoms with Gasteiger partial charge in [0, 0.05) is 18.1 Å². The summed E-state index contributed by atoms with van der Waals surface area (Å²) in [5, 5.41) is 10.2. The lowest BCUT2D eigenvalue weighted by Crippen LogP contribution is -2.20. The Morgan fingerprint density at radius 2 is 2.28 bits per heavy atom. The number of fused-ring (bicyclic) bond motifs is 3. The van der Waals surface area contributed by atoms with Crippen LogP contribution in [0.15, 0.2) is 18.2 Å². The van der Waals surface area contributed by atoms with Crippen molar-refractivity contribution in [3.63, 3.8) is 0 Å². The Bertz CT molecular complexity index is 645. The van der Waals surface area contributed by atoms with E-state index in [1.165, 1.54) is 6.07 Å². The maximum atomic E-state index is 13.9. The van der Waals surface area contributed by atoms with Crippen LogP contribution in [0.2, 0.25) is 0 Å². The molecule has 1 unspecified atom stereocenters. The summed E-state index contributed by atoms with van der Waals surface area (Å²) in [5.74, 6) is -1.61. The number of carboxylic acid groups (broad SMARTS) is 1. The lowest BCUT2D eigenvalue weighted by Gasteiger charge is -2.20. The molecular formula is C14H14FNO2. The van der Waals surface area contributed by atoms with Crippen molar-refractivity contribution in [1.82, 2.24) is 4.57 Å². The fourth-order valence-corrected chi connectivity index (χ4v) is 3.13. The number of para-hydroxylation sites is 1. The molecule has 18 heavy (non-hydrogen) atoms. The predicted octanol–water partition coefficient (Wildman–Crippen LogP) is 2.82. The zero-order valence-electron chi connectivity index (χ0n) is 10.1. The van der Waals surface area contributed by atoms with E-state index in [0.29, 0.717) is 11.9 Å². The molecule has 0 fully saturated rings. The number of halogens is 1. The first-order chi connectivity index (χ1) is 8.61. The number of rotatable bonds is 1. The molecule has 1 atom stereocenters. The topological polar surface area (TPSA) is 42.2 Å². The van der Waals surface area contributed by atoms with E-state index in [1.54, 1.807) is 17.7 Å². The standard InChI is InChI=1S/C14H14FNO2/c1-16-12-8(4-2-6-10(12)14(17)18)9-5-3-7-11(15)13(9)16/h3,5,7,10H,2,4,6H2,1H3,(H,17,18). The number of aromatic nitrogens is 1. The first-order valence-corrected chi connectivity index (χ1v) is 6.09. The van der Waals surface area contributed by atoms with E-state index in [-0.39, 0.29) is 5.82 Å². The van der Waals surface area contributed by atoms with E-state index in [1.807, 2.05) is 6.07 Å². The van der Waals surface area contributed by atoms with E-state index in [2.05, 4.69) is 0 Å². The highest BCUT2D eigenvalue weighted by Gasteiger charge is 2.31. The van der Waals surface area contributed by atoms with Crippen molar-refractivity contribution in [2.45, 2.75) is 25.2 Å². The van der Waals surface area contributed by atoms with Gasteiger partial charge in [-0.25, -0.2) is 4.39 Å². The number of benzene rings is 1. The second-order valence-corrected chi connectivity index (χ2v) is 4.84. The zero-order valence-corrected chi connectivity index (χ0v) is 10.1. The Morgan fingerprint density at radius 1 is 1.50 bits per heavy atom. The molecule has 0 amide bonds. The van der Waals surface area contributed by atoms with E-state index in [0.717, 1.165) is 29.5 Å². The van der Waals surface area contributed by atoms with Crippen LogP contribution in [-0.4, -0.2) is 15.6 Å². The highest BCUT2D eigenvalue weighted by Crippen LogP contribution is 2.38. The number of aliphatic carboxylic acids is 1. The molecule has 3 nitrogen and oxygen atoms in total. The summed E-state index contributed by atoms with van der Waals surface area (Å²) in [6.07, 6.45) is 2.31. The Morgan fingerprint density at radius 3 is 3.00 bits per heavy atom. The maximum absolute atomic E-state index is 13.9. The molecule has 1 aromatic heterocycles. The summed E-state index contributed by atoms with van der Waals surface area (Å²) in [4.78, 5) is 11.3. The maximum Gasteiger partial charge on any atom is 0.312 e. The van der Waals surface area contributed by atoms with Crippen LogP contribution in [0, 0.1) is 5.82 Å². The van der Waals surface area contributed by atoms with Crippen LogP contribution in [0.1, 0.15) is 30.0 Å². The Labute approximate surface area is 104 Å². The summed E-state index contributed by atoms with van der Waals surface area (Å²) in [6, 6.07) is 4.98. The molecule has 0 saturated carbocycles. The van der Waals surface area contributed by atoms with Crippen molar-refractivity contribution in [2.75, 3.05) is 0 Å². The summed E-state index contributed by atoms with van der Waals surface area (Å²) >= 11 is 0. The molecule has 3 rings (SSSR count). The predicted molar refractivity (Wildman–Crippen MR) is 66.2 cm³/mol. The van der Waals surface area contributed by atoms with Gasteiger partial charge in [0.05, 0.1) is 11.4 Å². The molecule has 1 aromatic carbocycles. The number of aryl methyl sites for hydroxylation is 2. The first-order valence-electron chi connectivity index (χ1n) is 6.09. The molecule has 0 radical (unpaired) electrons. The van der Waals surface area contributed by atoms with Crippen LogP contribution in [0.4, 0.5) is 4.39 Å². The van der Waals surface area contributed by atoms with Gasteiger partial charge >= 0.3 is 5.97 Å². The second kappa shape index (κ2) is 3.83. The van der Waals surface area contributed by atoms with Gasteiger partial charge in [-0.3, -0.25) is 4.79 Å². The SMILES string of the molecule is Cn1c2c(c3cccc(F)c31)CCCC2C(=O)O. The van der Waals surface area contributed by atoms with Crippen molar-refractivity contribution in [3.05, 3.63) is 35.3 Å². The zero-order chi connectivity index (χ0) is 12.9. The van der Waals surface area contributed by atoms with Gasteiger partial charge in [0.2, 0.25) is 0 Å². The number of hydrogen-bond acceptors (Lipinski definition) is 1. The fourth-order valence-electron chi connectivity index (χ4n) is 3.13. The smallest absolute Gasteiger partial charge is 0.312 e. The third-order valence-electron chi connectivity index (χ3n) is 3.87. The van der Waals surface area contributed by atoms with Crippen molar-refractivity contribution in [1.29, 1.82) is 0 Å². The van der Waals surface area contributed by atoms with Crippen LogP contribution in [0.25, 0.3) is 10.9 Å². The van der Waals surface area contributed by atoms with Gasteiger partial charge in [-0.15, -0.1) is 0 Å². The minimum Gasteiger partial charge on any atom is -0.481 e. The third kappa shape index (κ3) is 1.38. The summed E-state index contributed by atoms with van der Waals surface area (Å²) < 4.78 is 15.6. The molecule has 1 aliphatic rings. The molecule has 1 N–H and O–H groups in total.